The van der Waals surface area contributed by atoms with E-state index < -0.39 is 11.3 Å². The highest BCUT2D eigenvalue weighted by Crippen LogP contribution is 2.44. The van der Waals surface area contributed by atoms with Crippen molar-refractivity contribution < 1.29 is 19.0 Å². The van der Waals surface area contributed by atoms with E-state index in [4.69, 9.17) is 21.1 Å². The van der Waals surface area contributed by atoms with Gasteiger partial charge in [0.2, 0.25) is 0 Å². The van der Waals surface area contributed by atoms with Gasteiger partial charge in [-0.3, -0.25) is 9.36 Å². The number of fused-ring (bicyclic) bond motifs is 1. The Balaban J connectivity index is 1.43. The lowest BCUT2D eigenvalue weighted by atomic mass is 9.70. The molecule has 9 nitrogen and oxygen atoms in total. The molecular formula is C23H21ClFN5O4. The first-order valence-electron chi connectivity index (χ1n) is 10.5. The predicted octanol–water partition coefficient (Wildman–Crippen LogP) is 3.24. The van der Waals surface area contributed by atoms with E-state index in [9.17, 15) is 14.3 Å². The second-order valence-electron chi connectivity index (χ2n) is 8.70. The van der Waals surface area contributed by atoms with Gasteiger partial charge in [0, 0.05) is 43.1 Å². The predicted molar refractivity (Wildman–Crippen MR) is 123 cm³/mol. The molecule has 0 bridgehead atoms. The van der Waals surface area contributed by atoms with Crippen LogP contribution in [0.15, 0.2) is 54.0 Å². The first kappa shape index (κ1) is 22.3. The van der Waals surface area contributed by atoms with Gasteiger partial charge < -0.3 is 14.6 Å². The molecule has 4 aromatic rings. The third kappa shape index (κ3) is 4.10. The molecule has 1 aliphatic rings. The fraction of sp³-hybridized carbons (Fsp3) is 0.304. The van der Waals surface area contributed by atoms with Crippen LogP contribution in [0.5, 0.6) is 11.5 Å². The maximum Gasteiger partial charge on any atom is 0.282 e. The van der Waals surface area contributed by atoms with E-state index >= 15 is 0 Å². The zero-order valence-corrected chi connectivity index (χ0v) is 19.2. The van der Waals surface area contributed by atoms with Crippen LogP contribution >= 0.6 is 11.6 Å². The van der Waals surface area contributed by atoms with Gasteiger partial charge in [0.05, 0.1) is 17.8 Å². The molecule has 0 atom stereocenters. The molecule has 0 saturated heterocycles. The number of aromatic nitrogens is 5. The van der Waals surface area contributed by atoms with Crippen LogP contribution in [0.3, 0.4) is 0 Å². The van der Waals surface area contributed by atoms with Crippen molar-refractivity contribution in [1.82, 2.24) is 24.1 Å². The number of nitrogens with zero attached hydrogens (tertiary/aromatic N) is 5. The van der Waals surface area contributed by atoms with Gasteiger partial charge in [0.15, 0.2) is 17.3 Å². The van der Waals surface area contributed by atoms with Crippen molar-refractivity contribution in [2.75, 3.05) is 13.7 Å². The van der Waals surface area contributed by atoms with Crippen molar-refractivity contribution in [1.29, 1.82) is 0 Å². The highest BCUT2D eigenvalue weighted by molar-refractivity contribution is 6.30. The van der Waals surface area contributed by atoms with E-state index in [1.54, 1.807) is 30.5 Å². The Labute approximate surface area is 198 Å². The van der Waals surface area contributed by atoms with Crippen LogP contribution in [0, 0.1) is 0 Å². The molecule has 1 N–H and O–H groups in total. The van der Waals surface area contributed by atoms with Crippen molar-refractivity contribution in [3.63, 3.8) is 0 Å². The molecule has 34 heavy (non-hydrogen) atoms. The Morgan fingerprint density at radius 1 is 1.21 bits per heavy atom. The summed E-state index contributed by atoms with van der Waals surface area (Å²) < 4.78 is 27.7. The number of alkyl halides is 1. The zero-order chi connectivity index (χ0) is 24.1. The molecule has 3 heterocycles. The first-order valence-corrected chi connectivity index (χ1v) is 10.8. The molecule has 5 rings (SSSR count). The lowest BCUT2D eigenvalue weighted by Crippen LogP contribution is -2.55. The number of ether oxygens (including phenoxy) is 2. The molecule has 1 fully saturated rings. The Morgan fingerprint density at radius 2 is 1.94 bits per heavy atom. The first-order chi connectivity index (χ1) is 16.2. The van der Waals surface area contributed by atoms with Crippen LogP contribution in [0.2, 0.25) is 5.02 Å². The van der Waals surface area contributed by atoms with E-state index in [1.807, 2.05) is 0 Å². The minimum absolute atomic E-state index is 0.0157. The highest BCUT2D eigenvalue weighted by Gasteiger charge is 2.52. The van der Waals surface area contributed by atoms with Crippen LogP contribution in [-0.4, -0.2) is 54.2 Å². The molecule has 0 unspecified atom stereocenters. The van der Waals surface area contributed by atoms with E-state index in [-0.39, 0.29) is 25.0 Å². The molecule has 0 radical (unpaired) electrons. The van der Waals surface area contributed by atoms with Crippen molar-refractivity contribution in [3.8, 4) is 28.6 Å². The summed E-state index contributed by atoms with van der Waals surface area (Å²) in [7, 11) is 1.47. The summed E-state index contributed by atoms with van der Waals surface area (Å²) in [6.07, 6.45) is 6.05. The summed E-state index contributed by atoms with van der Waals surface area (Å²) >= 11 is 5.85. The molecule has 0 aliphatic heterocycles. The third-order valence-electron chi connectivity index (χ3n) is 5.73. The molecule has 1 aliphatic carbocycles. The van der Waals surface area contributed by atoms with Gasteiger partial charge in [-0.05, 0) is 25.1 Å². The number of hydrogen-bond donors (Lipinski definition) is 1. The van der Waals surface area contributed by atoms with Gasteiger partial charge in [0.1, 0.15) is 29.7 Å². The van der Waals surface area contributed by atoms with Crippen LogP contribution < -0.4 is 15.0 Å². The second-order valence-corrected chi connectivity index (χ2v) is 9.14. The number of rotatable bonds is 6. The van der Waals surface area contributed by atoms with Crippen LogP contribution in [0.1, 0.15) is 19.8 Å². The van der Waals surface area contributed by atoms with Gasteiger partial charge in [-0.1, -0.05) is 11.6 Å². The number of halogens is 2. The topological polar surface area (TPSA) is 104 Å². The van der Waals surface area contributed by atoms with Gasteiger partial charge in [-0.25, -0.2) is 18.9 Å². The standard InChI is InChI=1S/C23H21ClFN5O4/c1-22(25)10-23(32,11-22)12-34-18-4-3-16(6-19(18)33-2)29-13-28-30-9-14(5-17(30)21(29)31)20-26-7-15(24)8-27-20/h3-9,13,32H,10-12H2,1-2H3. The summed E-state index contributed by atoms with van der Waals surface area (Å²) in [6.45, 7) is 1.39. The molecular weight excluding hydrogens is 465 g/mol. The minimum Gasteiger partial charge on any atom is -0.493 e. The fourth-order valence-corrected chi connectivity index (χ4v) is 4.42. The van der Waals surface area contributed by atoms with E-state index in [1.165, 1.54) is 41.8 Å². The van der Waals surface area contributed by atoms with Crippen molar-refractivity contribution in [3.05, 3.63) is 64.6 Å². The summed E-state index contributed by atoms with van der Waals surface area (Å²) in [5, 5.41) is 15.1. The van der Waals surface area contributed by atoms with Gasteiger partial charge >= 0.3 is 0 Å². The number of benzene rings is 1. The number of aliphatic hydroxyl groups is 1. The average Bonchev–Trinajstić information content (AvgIpc) is 3.22. The fourth-order valence-electron chi connectivity index (χ4n) is 4.32. The largest absolute Gasteiger partial charge is 0.493 e. The quantitative estimate of drug-likeness (QED) is 0.447. The Hall–Kier alpha value is -3.50. The zero-order valence-electron chi connectivity index (χ0n) is 18.4. The van der Waals surface area contributed by atoms with E-state index in [0.29, 0.717) is 39.1 Å². The van der Waals surface area contributed by atoms with Crippen LogP contribution in [0.4, 0.5) is 4.39 Å². The maximum absolute atomic E-state index is 13.8. The molecule has 11 heteroatoms. The van der Waals surface area contributed by atoms with Crippen LogP contribution in [-0.2, 0) is 0 Å². The smallest absolute Gasteiger partial charge is 0.282 e. The molecule has 0 spiro atoms. The van der Waals surface area contributed by atoms with Crippen LogP contribution in [0.25, 0.3) is 22.6 Å². The molecule has 176 valence electrons. The summed E-state index contributed by atoms with van der Waals surface area (Å²) in [4.78, 5) is 21.5. The van der Waals surface area contributed by atoms with Crippen molar-refractivity contribution in [2.24, 2.45) is 0 Å². The SMILES string of the molecule is COc1cc(-n2cnn3cc(-c4ncc(Cl)cn4)cc3c2=O)ccc1OCC1(O)CC(C)(F)C1. The maximum atomic E-state index is 13.8. The molecule has 1 aromatic carbocycles. The summed E-state index contributed by atoms with van der Waals surface area (Å²) in [6, 6.07) is 6.59. The van der Waals surface area contributed by atoms with Crippen molar-refractivity contribution >= 4 is 17.1 Å². The summed E-state index contributed by atoms with van der Waals surface area (Å²) in [5.41, 5.74) is -1.43. The molecule has 0 amide bonds. The second kappa shape index (κ2) is 8.07. The van der Waals surface area contributed by atoms with Gasteiger partial charge in [0.25, 0.3) is 5.56 Å². The van der Waals surface area contributed by atoms with E-state index in [2.05, 4.69) is 15.1 Å². The Kier molecular flexibility index (Phi) is 5.29. The number of methoxy groups -OCH3 is 1. The van der Waals surface area contributed by atoms with Gasteiger partial charge in [-0.2, -0.15) is 5.10 Å². The average molecular weight is 486 g/mol. The third-order valence-corrected chi connectivity index (χ3v) is 5.92. The number of hydrogen-bond acceptors (Lipinski definition) is 7. The monoisotopic (exact) mass is 485 g/mol. The van der Waals surface area contributed by atoms with E-state index in [0.717, 1.165) is 0 Å². The molecule has 3 aromatic heterocycles. The van der Waals surface area contributed by atoms with Crippen molar-refractivity contribution in [2.45, 2.75) is 31.0 Å². The lowest BCUT2D eigenvalue weighted by Gasteiger charge is -2.45. The Bertz CT molecular complexity index is 1430. The normalized spacial score (nSPS) is 21.9. The minimum atomic E-state index is -1.38. The molecule has 1 saturated carbocycles. The lowest BCUT2D eigenvalue weighted by molar-refractivity contribution is -0.150. The Morgan fingerprint density at radius 3 is 2.62 bits per heavy atom. The highest BCUT2D eigenvalue weighted by atomic mass is 35.5. The summed E-state index contributed by atoms with van der Waals surface area (Å²) in [5.74, 6) is 1.16. The van der Waals surface area contributed by atoms with Gasteiger partial charge in [-0.15, -0.1) is 0 Å².